The number of hydrazone groups is 1. The zero-order valence-electron chi connectivity index (χ0n) is 15.1. The van der Waals surface area contributed by atoms with Crippen molar-refractivity contribution in [3.8, 4) is 17.2 Å². The predicted molar refractivity (Wildman–Crippen MR) is 104 cm³/mol. The van der Waals surface area contributed by atoms with Crippen molar-refractivity contribution in [1.82, 2.24) is 10.4 Å². The molecule has 0 radical (unpaired) electrons. The van der Waals surface area contributed by atoms with Gasteiger partial charge in [0, 0.05) is 10.6 Å². The molecule has 2 N–H and O–H groups in total. The topological polar surface area (TPSA) is 87.7 Å². The first-order valence-electron chi connectivity index (χ1n) is 8.22. The van der Waals surface area contributed by atoms with Gasteiger partial charge in [-0.2, -0.15) is 5.10 Å². The molecule has 1 heterocycles. The molecule has 6 nitrogen and oxygen atoms in total. The van der Waals surface area contributed by atoms with E-state index in [4.69, 9.17) is 16.0 Å². The van der Waals surface area contributed by atoms with Gasteiger partial charge < -0.3 is 9.52 Å². The number of aromatic hydroxyl groups is 1. The van der Waals surface area contributed by atoms with Gasteiger partial charge in [-0.25, -0.2) is 10.4 Å². The first kappa shape index (κ1) is 18.7. The summed E-state index contributed by atoms with van der Waals surface area (Å²) >= 11 is 5.88. The summed E-state index contributed by atoms with van der Waals surface area (Å²) in [5, 5.41) is 14.4. The Morgan fingerprint density at radius 3 is 2.44 bits per heavy atom. The lowest BCUT2D eigenvalue weighted by molar-refractivity contribution is 0.0927. The van der Waals surface area contributed by atoms with E-state index in [1.165, 1.54) is 6.21 Å². The van der Waals surface area contributed by atoms with Crippen molar-refractivity contribution < 1.29 is 14.3 Å². The summed E-state index contributed by atoms with van der Waals surface area (Å²) in [6.07, 6.45) is 1.50. The summed E-state index contributed by atoms with van der Waals surface area (Å²) < 4.78 is 5.59. The highest BCUT2D eigenvalue weighted by molar-refractivity contribution is 6.30. The van der Waals surface area contributed by atoms with E-state index in [0.29, 0.717) is 16.6 Å². The lowest BCUT2D eigenvalue weighted by atomic mass is 10.1. The van der Waals surface area contributed by atoms with Crippen molar-refractivity contribution in [3.05, 3.63) is 69.6 Å². The number of amides is 1. The highest BCUT2D eigenvalue weighted by Gasteiger charge is 2.18. The van der Waals surface area contributed by atoms with Crippen LogP contribution in [0.5, 0.6) is 5.75 Å². The fourth-order valence-corrected chi connectivity index (χ4v) is 2.73. The first-order valence-corrected chi connectivity index (χ1v) is 8.60. The van der Waals surface area contributed by atoms with Gasteiger partial charge in [-0.1, -0.05) is 11.6 Å². The third-order valence-corrected chi connectivity index (χ3v) is 4.24. The molecule has 3 rings (SSSR count). The lowest BCUT2D eigenvalue weighted by Gasteiger charge is -2.04. The molecule has 138 valence electrons. The lowest BCUT2D eigenvalue weighted by Crippen LogP contribution is -2.17. The molecule has 0 aliphatic rings. The average molecular weight is 384 g/mol. The molecule has 0 unspecified atom stereocenters. The van der Waals surface area contributed by atoms with Crippen LogP contribution in [0.4, 0.5) is 0 Å². The molecule has 0 spiro atoms. The van der Waals surface area contributed by atoms with Crippen molar-refractivity contribution in [2.75, 3.05) is 0 Å². The molecule has 0 bridgehead atoms. The monoisotopic (exact) mass is 383 g/mol. The van der Waals surface area contributed by atoms with Gasteiger partial charge in [-0.3, -0.25) is 4.79 Å². The van der Waals surface area contributed by atoms with E-state index in [1.54, 1.807) is 57.2 Å². The molecule has 1 amide bonds. The summed E-state index contributed by atoms with van der Waals surface area (Å²) in [5.74, 6) is 0.185. The number of phenolic OH excluding ortho intramolecular Hbond substituents is 1. The highest BCUT2D eigenvalue weighted by atomic mass is 35.5. The largest absolute Gasteiger partial charge is 0.507 e. The van der Waals surface area contributed by atoms with Crippen molar-refractivity contribution >= 4 is 23.7 Å². The average Bonchev–Trinajstić information content (AvgIpc) is 3.02. The number of nitrogens with zero attached hydrogens (tertiary/aromatic N) is 2. The normalized spacial score (nSPS) is 11.1. The molecule has 0 fully saturated rings. The maximum absolute atomic E-state index is 12.3. The van der Waals surface area contributed by atoms with Crippen molar-refractivity contribution in [3.63, 3.8) is 0 Å². The molecule has 1 aromatic heterocycles. The van der Waals surface area contributed by atoms with E-state index in [0.717, 1.165) is 22.3 Å². The summed E-state index contributed by atoms with van der Waals surface area (Å²) in [7, 11) is 0. The van der Waals surface area contributed by atoms with E-state index in [9.17, 15) is 9.90 Å². The van der Waals surface area contributed by atoms with Crippen LogP contribution in [0.15, 0.2) is 45.9 Å². The van der Waals surface area contributed by atoms with Crippen LogP contribution in [-0.2, 0) is 0 Å². The summed E-state index contributed by atoms with van der Waals surface area (Å²) in [5.41, 5.74) is 5.85. The van der Waals surface area contributed by atoms with Crippen LogP contribution in [0.25, 0.3) is 11.5 Å². The zero-order valence-corrected chi connectivity index (χ0v) is 15.8. The smallest absolute Gasteiger partial charge is 0.309 e. The van der Waals surface area contributed by atoms with Gasteiger partial charge >= 0.3 is 5.91 Å². The minimum absolute atomic E-state index is 0.0927. The van der Waals surface area contributed by atoms with E-state index < -0.39 is 5.91 Å². The molecule has 7 heteroatoms. The van der Waals surface area contributed by atoms with Gasteiger partial charge in [0.15, 0.2) is 0 Å². The number of carbonyl (C=O) groups excluding carboxylic acids is 1. The Morgan fingerprint density at radius 2 is 1.81 bits per heavy atom. The number of hydrogen-bond acceptors (Lipinski definition) is 5. The molecular weight excluding hydrogens is 366 g/mol. The Labute approximate surface area is 161 Å². The molecule has 27 heavy (non-hydrogen) atoms. The maximum atomic E-state index is 12.3. The number of rotatable bonds is 4. The van der Waals surface area contributed by atoms with Crippen LogP contribution in [0.2, 0.25) is 5.02 Å². The second kappa shape index (κ2) is 7.63. The number of phenols is 1. The molecule has 0 atom stereocenters. The van der Waals surface area contributed by atoms with E-state index in [1.807, 2.05) is 0 Å². The Hall–Kier alpha value is -3.12. The number of aryl methyl sites for hydroxylation is 3. The van der Waals surface area contributed by atoms with E-state index >= 15 is 0 Å². The second-order valence-electron chi connectivity index (χ2n) is 6.14. The minimum atomic E-state index is -0.497. The number of halogens is 1. The number of carbonyl (C=O) groups is 1. The van der Waals surface area contributed by atoms with Crippen LogP contribution < -0.4 is 5.43 Å². The summed E-state index contributed by atoms with van der Waals surface area (Å²) in [6.45, 7) is 5.29. The maximum Gasteiger partial charge on any atom is 0.309 e. The Morgan fingerprint density at radius 1 is 1.19 bits per heavy atom. The van der Waals surface area contributed by atoms with Crippen LogP contribution in [0.1, 0.15) is 32.9 Å². The molecule has 0 saturated carbocycles. The van der Waals surface area contributed by atoms with Crippen molar-refractivity contribution in [2.24, 2.45) is 5.10 Å². The van der Waals surface area contributed by atoms with E-state index in [-0.39, 0.29) is 11.5 Å². The predicted octanol–water partition coefficient (Wildman–Crippen LogP) is 4.39. The number of nitrogens with one attached hydrogen (secondary N) is 1. The molecule has 0 aliphatic heterocycles. The quantitative estimate of drug-likeness (QED) is 0.516. The van der Waals surface area contributed by atoms with Crippen LogP contribution in [-0.4, -0.2) is 22.2 Å². The highest BCUT2D eigenvalue weighted by Crippen LogP contribution is 2.24. The van der Waals surface area contributed by atoms with Crippen molar-refractivity contribution in [2.45, 2.75) is 20.8 Å². The van der Waals surface area contributed by atoms with Crippen molar-refractivity contribution in [1.29, 1.82) is 0 Å². The molecule has 3 aromatic rings. The summed E-state index contributed by atoms with van der Waals surface area (Å²) in [4.78, 5) is 16.6. The summed E-state index contributed by atoms with van der Waals surface area (Å²) in [6, 6.07) is 10.5. The zero-order chi connectivity index (χ0) is 19.6. The van der Waals surface area contributed by atoms with Gasteiger partial charge in [0.2, 0.25) is 11.7 Å². The molecule has 0 aliphatic carbocycles. The van der Waals surface area contributed by atoms with Gasteiger partial charge in [0.25, 0.3) is 0 Å². The van der Waals surface area contributed by atoms with Crippen LogP contribution in [0.3, 0.4) is 0 Å². The minimum Gasteiger partial charge on any atom is -0.507 e. The van der Waals surface area contributed by atoms with Crippen LogP contribution >= 0.6 is 11.6 Å². The number of hydrogen-bond donors (Lipinski definition) is 2. The third-order valence-electron chi connectivity index (χ3n) is 3.99. The third kappa shape index (κ3) is 4.17. The van der Waals surface area contributed by atoms with Gasteiger partial charge in [-0.05, 0) is 73.9 Å². The Bertz CT molecular complexity index is 1000. The first-order chi connectivity index (χ1) is 12.8. The SMILES string of the molecule is Cc1cc(/C=N/NC(=O)c2oc(-c3ccc(Cl)cc3)nc2C)cc(C)c1O. The Kier molecular flexibility index (Phi) is 5.28. The molecule has 2 aromatic carbocycles. The number of oxazole rings is 1. The molecular formula is C20H18ClN3O3. The second-order valence-corrected chi connectivity index (χ2v) is 6.58. The van der Waals surface area contributed by atoms with Gasteiger partial charge in [0.05, 0.1) is 11.9 Å². The van der Waals surface area contributed by atoms with Crippen LogP contribution in [0, 0.1) is 20.8 Å². The fraction of sp³-hybridized carbons (Fsp3) is 0.150. The standard InChI is InChI=1S/C20H18ClN3O3/c1-11-8-14(9-12(2)17(11)25)10-22-24-19(26)18-13(3)23-20(27-18)15-4-6-16(21)7-5-15/h4-10,25H,1-3H3,(H,24,26)/b22-10+. The van der Waals surface area contributed by atoms with Gasteiger partial charge in [-0.15, -0.1) is 0 Å². The fourth-order valence-electron chi connectivity index (χ4n) is 2.60. The number of aromatic nitrogens is 1. The van der Waals surface area contributed by atoms with Gasteiger partial charge in [0.1, 0.15) is 5.75 Å². The number of benzene rings is 2. The molecule has 0 saturated heterocycles. The Balaban J connectivity index is 1.74. The van der Waals surface area contributed by atoms with E-state index in [2.05, 4.69) is 15.5 Å².